The average molecular weight is 384 g/mol. The minimum atomic E-state index is -4.60. The van der Waals surface area contributed by atoms with Gasteiger partial charge in [-0.05, 0) is 39.2 Å². The molecule has 10 heteroatoms. The summed E-state index contributed by atoms with van der Waals surface area (Å²) in [6.45, 7) is 4.38. The summed E-state index contributed by atoms with van der Waals surface area (Å²) in [6, 6.07) is 2.11. The summed E-state index contributed by atoms with van der Waals surface area (Å²) in [5.74, 6) is -0.599. The third-order valence-electron chi connectivity index (χ3n) is 5.50. The number of aliphatic hydroxyl groups is 1. The maximum absolute atomic E-state index is 13.1. The molecule has 7 nitrogen and oxygen atoms in total. The zero-order valence-electron chi connectivity index (χ0n) is 15.2. The number of fused-ring (bicyclic) bond motifs is 1. The second-order valence-electron chi connectivity index (χ2n) is 7.36. The van der Waals surface area contributed by atoms with E-state index in [9.17, 15) is 18.3 Å². The first-order chi connectivity index (χ1) is 12.9. The monoisotopic (exact) mass is 384 g/mol. The molecule has 2 unspecified atom stereocenters. The molecule has 27 heavy (non-hydrogen) atoms. The fraction of sp³-hybridized carbons (Fsp3) is 0.706. The maximum atomic E-state index is 13.1. The quantitative estimate of drug-likeness (QED) is 0.868. The molecule has 2 aliphatic heterocycles. The lowest BCUT2D eigenvalue weighted by Gasteiger charge is -2.32. The fourth-order valence-corrected chi connectivity index (χ4v) is 4.23. The Labute approximate surface area is 154 Å². The van der Waals surface area contributed by atoms with Gasteiger partial charge in [-0.1, -0.05) is 0 Å². The number of hydrogen-bond donors (Lipinski definition) is 1. The zero-order valence-corrected chi connectivity index (χ0v) is 15.2. The normalized spacial score (nSPS) is 24.4. The Morgan fingerprint density at radius 1 is 1.15 bits per heavy atom. The number of alkyl halides is 3. The van der Waals surface area contributed by atoms with Crippen LogP contribution < -0.4 is 4.90 Å². The molecule has 148 valence electrons. The van der Waals surface area contributed by atoms with Crippen molar-refractivity contribution in [2.45, 2.75) is 50.9 Å². The summed E-state index contributed by atoms with van der Waals surface area (Å²) in [5, 5.41) is 13.2. The Morgan fingerprint density at radius 3 is 2.63 bits per heavy atom. The SMILES string of the molecule is Cc1cc(N2CCCC2CN2CCCC2CO)n2nc(C(F)(F)F)nc2n1. The number of hydrogen-bond acceptors (Lipinski definition) is 6. The van der Waals surface area contributed by atoms with E-state index in [0.29, 0.717) is 11.5 Å². The van der Waals surface area contributed by atoms with Gasteiger partial charge in [0.15, 0.2) is 0 Å². The summed E-state index contributed by atoms with van der Waals surface area (Å²) in [4.78, 5) is 12.1. The number of aryl methyl sites for hydroxylation is 1. The molecular formula is C17H23F3N6O. The van der Waals surface area contributed by atoms with Crippen LogP contribution in [0.3, 0.4) is 0 Å². The first-order valence-corrected chi connectivity index (χ1v) is 9.30. The van der Waals surface area contributed by atoms with E-state index >= 15 is 0 Å². The van der Waals surface area contributed by atoms with Gasteiger partial charge in [0, 0.05) is 36.9 Å². The van der Waals surface area contributed by atoms with Crippen LogP contribution in [0.15, 0.2) is 6.07 Å². The van der Waals surface area contributed by atoms with Crippen LogP contribution in [0, 0.1) is 6.92 Å². The van der Waals surface area contributed by atoms with Crippen molar-refractivity contribution in [3.8, 4) is 0 Å². The standard InChI is InChI=1S/C17H23F3N6O/c1-11-8-14(26-16(21-11)22-15(23-26)17(18,19)20)25-7-3-4-12(25)9-24-6-2-5-13(24)10-27/h8,12-13,27H,2-7,9-10H2,1H3. The van der Waals surface area contributed by atoms with Crippen molar-refractivity contribution in [3.05, 3.63) is 17.6 Å². The van der Waals surface area contributed by atoms with Gasteiger partial charge in [-0.3, -0.25) is 4.90 Å². The number of rotatable bonds is 4. The molecule has 0 spiro atoms. The Morgan fingerprint density at radius 2 is 1.89 bits per heavy atom. The van der Waals surface area contributed by atoms with Gasteiger partial charge in [-0.25, -0.2) is 4.98 Å². The van der Waals surface area contributed by atoms with E-state index in [1.807, 2.05) is 0 Å². The molecule has 4 rings (SSSR count). The topological polar surface area (TPSA) is 69.8 Å². The van der Waals surface area contributed by atoms with E-state index in [1.165, 1.54) is 4.52 Å². The number of anilines is 1. The lowest BCUT2D eigenvalue weighted by molar-refractivity contribution is -0.144. The van der Waals surface area contributed by atoms with Gasteiger partial charge < -0.3 is 10.0 Å². The van der Waals surface area contributed by atoms with Crippen LogP contribution in [-0.2, 0) is 6.18 Å². The van der Waals surface area contributed by atoms with Gasteiger partial charge in [-0.2, -0.15) is 22.7 Å². The largest absolute Gasteiger partial charge is 0.453 e. The number of nitrogens with zero attached hydrogens (tertiary/aromatic N) is 6. The zero-order chi connectivity index (χ0) is 19.2. The Bertz CT molecular complexity index is 823. The molecule has 0 aliphatic carbocycles. The molecule has 0 radical (unpaired) electrons. The number of aliphatic hydroxyl groups excluding tert-OH is 1. The van der Waals surface area contributed by atoms with Gasteiger partial charge in [0.05, 0.1) is 6.61 Å². The van der Waals surface area contributed by atoms with Crippen molar-refractivity contribution in [2.75, 3.05) is 31.1 Å². The van der Waals surface area contributed by atoms with Crippen LogP contribution in [0.4, 0.5) is 19.0 Å². The van der Waals surface area contributed by atoms with Gasteiger partial charge >= 0.3 is 6.18 Å². The summed E-state index contributed by atoms with van der Waals surface area (Å²) in [5.41, 5.74) is 0.610. The third kappa shape index (κ3) is 3.47. The highest BCUT2D eigenvalue weighted by atomic mass is 19.4. The van der Waals surface area contributed by atoms with Gasteiger partial charge in [-0.15, -0.1) is 5.10 Å². The van der Waals surface area contributed by atoms with Crippen LogP contribution in [0.25, 0.3) is 5.78 Å². The minimum absolute atomic E-state index is 0.0302. The highest BCUT2D eigenvalue weighted by molar-refractivity contribution is 5.49. The van der Waals surface area contributed by atoms with Crippen LogP contribution in [0.2, 0.25) is 0 Å². The van der Waals surface area contributed by atoms with Crippen molar-refractivity contribution in [2.24, 2.45) is 0 Å². The smallest absolute Gasteiger partial charge is 0.395 e. The third-order valence-corrected chi connectivity index (χ3v) is 5.50. The summed E-state index contributed by atoms with van der Waals surface area (Å²) < 4.78 is 40.4. The molecule has 2 aliphatic rings. The molecule has 2 saturated heterocycles. The van der Waals surface area contributed by atoms with Crippen molar-refractivity contribution >= 4 is 11.6 Å². The van der Waals surface area contributed by atoms with Crippen molar-refractivity contribution in [3.63, 3.8) is 0 Å². The predicted octanol–water partition coefficient (Wildman–Crippen LogP) is 1.88. The summed E-state index contributed by atoms with van der Waals surface area (Å²) >= 11 is 0. The Kier molecular flexibility index (Phi) is 4.71. The molecule has 4 heterocycles. The number of likely N-dealkylation sites (tertiary alicyclic amines) is 1. The fourth-order valence-electron chi connectivity index (χ4n) is 4.23. The Balaban J connectivity index is 1.66. The first kappa shape index (κ1) is 18.4. The molecule has 2 fully saturated rings. The number of halogens is 3. The van der Waals surface area contributed by atoms with E-state index in [-0.39, 0.29) is 24.5 Å². The molecule has 0 bridgehead atoms. The first-order valence-electron chi connectivity index (χ1n) is 9.30. The highest BCUT2D eigenvalue weighted by Gasteiger charge is 2.38. The summed E-state index contributed by atoms with van der Waals surface area (Å²) in [7, 11) is 0. The lowest BCUT2D eigenvalue weighted by Crippen LogP contribution is -2.44. The molecule has 1 N–H and O–H groups in total. The molecule has 0 aromatic carbocycles. The average Bonchev–Trinajstić information content (AvgIpc) is 3.32. The maximum Gasteiger partial charge on any atom is 0.453 e. The van der Waals surface area contributed by atoms with E-state index in [4.69, 9.17) is 0 Å². The highest BCUT2D eigenvalue weighted by Crippen LogP contribution is 2.31. The Hall–Kier alpha value is -1.94. The molecule has 2 aromatic rings. The van der Waals surface area contributed by atoms with E-state index < -0.39 is 12.0 Å². The van der Waals surface area contributed by atoms with Gasteiger partial charge in [0.1, 0.15) is 5.82 Å². The number of aromatic nitrogens is 4. The molecular weight excluding hydrogens is 361 g/mol. The van der Waals surface area contributed by atoms with Gasteiger partial charge in [0.25, 0.3) is 11.6 Å². The van der Waals surface area contributed by atoms with E-state index in [0.717, 1.165) is 45.3 Å². The van der Waals surface area contributed by atoms with E-state index in [2.05, 4.69) is 24.9 Å². The lowest BCUT2D eigenvalue weighted by atomic mass is 10.2. The van der Waals surface area contributed by atoms with E-state index in [1.54, 1.807) is 13.0 Å². The van der Waals surface area contributed by atoms with Crippen LogP contribution in [0.5, 0.6) is 0 Å². The second kappa shape index (κ2) is 6.90. The second-order valence-corrected chi connectivity index (χ2v) is 7.36. The van der Waals surface area contributed by atoms with Crippen molar-refractivity contribution in [1.29, 1.82) is 0 Å². The predicted molar refractivity (Wildman–Crippen MR) is 92.6 cm³/mol. The minimum Gasteiger partial charge on any atom is -0.395 e. The molecule has 0 saturated carbocycles. The van der Waals surface area contributed by atoms with Gasteiger partial charge in [0.2, 0.25) is 0 Å². The van der Waals surface area contributed by atoms with Crippen LogP contribution >= 0.6 is 0 Å². The van der Waals surface area contributed by atoms with Crippen LogP contribution in [0.1, 0.15) is 37.2 Å². The van der Waals surface area contributed by atoms with Crippen molar-refractivity contribution < 1.29 is 18.3 Å². The van der Waals surface area contributed by atoms with Crippen LogP contribution in [-0.4, -0.2) is 67.9 Å². The molecule has 2 aromatic heterocycles. The summed E-state index contributed by atoms with van der Waals surface area (Å²) in [6.07, 6.45) is -0.633. The van der Waals surface area contributed by atoms with Crippen molar-refractivity contribution in [1.82, 2.24) is 24.5 Å². The molecule has 2 atom stereocenters. The molecule has 0 amide bonds.